The Morgan fingerprint density at radius 2 is 1.73 bits per heavy atom. The van der Waals surface area contributed by atoms with Crippen LogP contribution in [0.25, 0.3) is 16.9 Å². The maximum Gasteiger partial charge on any atom is 0.220 e. The maximum absolute atomic E-state index is 12.1. The van der Waals surface area contributed by atoms with Crippen molar-refractivity contribution in [3.05, 3.63) is 72.4 Å². The van der Waals surface area contributed by atoms with Crippen LogP contribution < -0.4 is 5.32 Å². The third kappa shape index (κ3) is 4.60. The van der Waals surface area contributed by atoms with Crippen molar-refractivity contribution in [3.63, 3.8) is 0 Å². The third-order valence-corrected chi connectivity index (χ3v) is 4.33. The van der Waals surface area contributed by atoms with E-state index >= 15 is 0 Å². The van der Waals surface area contributed by atoms with Crippen molar-refractivity contribution in [2.45, 2.75) is 32.6 Å². The summed E-state index contributed by atoms with van der Waals surface area (Å²) in [5.74, 6) is 0.102. The fourth-order valence-corrected chi connectivity index (χ4v) is 2.89. The molecule has 0 bridgehead atoms. The zero-order chi connectivity index (χ0) is 18.2. The molecule has 0 radical (unpaired) electrons. The molecule has 0 aliphatic heterocycles. The van der Waals surface area contributed by atoms with Crippen LogP contribution in [0.5, 0.6) is 0 Å². The van der Waals surface area contributed by atoms with E-state index in [1.54, 1.807) is 0 Å². The standard InChI is InChI=1S/C22H25N3O/c1-2-3-16-23-21(26)15-14-19-17-25(20-12-8-5-9-13-20)24-22(19)18-10-6-4-7-11-18/h4-13,17H,2-3,14-16H2,1H3,(H,23,26). The van der Waals surface area contributed by atoms with Gasteiger partial charge in [-0.3, -0.25) is 4.79 Å². The first kappa shape index (κ1) is 17.9. The van der Waals surface area contributed by atoms with Crippen LogP contribution in [0.15, 0.2) is 66.9 Å². The number of rotatable bonds is 8. The van der Waals surface area contributed by atoms with Gasteiger partial charge < -0.3 is 5.32 Å². The summed E-state index contributed by atoms with van der Waals surface area (Å²) in [4.78, 5) is 12.1. The largest absolute Gasteiger partial charge is 0.356 e. The third-order valence-electron chi connectivity index (χ3n) is 4.33. The number of nitrogens with one attached hydrogen (secondary N) is 1. The number of carbonyl (C=O) groups excluding carboxylic acids is 1. The number of aromatic nitrogens is 2. The second kappa shape index (κ2) is 8.99. The van der Waals surface area contributed by atoms with Crippen molar-refractivity contribution >= 4 is 5.91 Å². The Labute approximate surface area is 154 Å². The zero-order valence-electron chi connectivity index (χ0n) is 15.2. The number of hydrogen-bond acceptors (Lipinski definition) is 2. The van der Waals surface area contributed by atoms with Crippen LogP contribution in [-0.4, -0.2) is 22.2 Å². The Balaban J connectivity index is 1.81. The van der Waals surface area contributed by atoms with E-state index in [2.05, 4.69) is 24.4 Å². The molecular formula is C22H25N3O. The van der Waals surface area contributed by atoms with Crippen LogP contribution in [0.3, 0.4) is 0 Å². The second-order valence-electron chi connectivity index (χ2n) is 6.35. The first-order chi connectivity index (χ1) is 12.8. The van der Waals surface area contributed by atoms with Gasteiger partial charge in [-0.25, -0.2) is 4.68 Å². The Hall–Kier alpha value is -2.88. The molecule has 0 fully saturated rings. The monoisotopic (exact) mass is 347 g/mol. The summed E-state index contributed by atoms with van der Waals surface area (Å²) in [5, 5.41) is 7.77. The van der Waals surface area contributed by atoms with Crippen molar-refractivity contribution in [2.75, 3.05) is 6.54 Å². The zero-order valence-corrected chi connectivity index (χ0v) is 15.2. The lowest BCUT2D eigenvalue weighted by atomic mass is 10.0. The molecule has 1 N–H and O–H groups in total. The number of nitrogens with zero attached hydrogens (tertiary/aromatic N) is 2. The van der Waals surface area contributed by atoms with Gasteiger partial charge in [0.2, 0.25) is 5.91 Å². The molecule has 3 aromatic rings. The van der Waals surface area contributed by atoms with E-state index < -0.39 is 0 Å². The molecular weight excluding hydrogens is 322 g/mol. The van der Waals surface area contributed by atoms with E-state index in [9.17, 15) is 4.79 Å². The van der Waals surface area contributed by atoms with Crippen LogP contribution in [0.4, 0.5) is 0 Å². The highest BCUT2D eigenvalue weighted by molar-refractivity contribution is 5.76. The lowest BCUT2D eigenvalue weighted by molar-refractivity contribution is -0.121. The van der Waals surface area contributed by atoms with Crippen LogP contribution in [0.2, 0.25) is 0 Å². The summed E-state index contributed by atoms with van der Waals surface area (Å²) in [7, 11) is 0. The molecule has 4 heteroatoms. The fraction of sp³-hybridized carbons (Fsp3) is 0.273. The minimum Gasteiger partial charge on any atom is -0.356 e. The molecule has 3 rings (SSSR count). The molecule has 4 nitrogen and oxygen atoms in total. The van der Waals surface area contributed by atoms with Crippen molar-refractivity contribution in [2.24, 2.45) is 0 Å². The van der Waals surface area contributed by atoms with E-state index in [4.69, 9.17) is 5.10 Å². The molecule has 0 saturated heterocycles. The summed E-state index contributed by atoms with van der Waals surface area (Å²) in [6, 6.07) is 20.2. The van der Waals surface area contributed by atoms with Gasteiger partial charge in [0.1, 0.15) is 0 Å². The van der Waals surface area contributed by atoms with Crippen molar-refractivity contribution in [1.82, 2.24) is 15.1 Å². The van der Waals surface area contributed by atoms with Crippen molar-refractivity contribution in [1.29, 1.82) is 0 Å². The molecule has 2 aromatic carbocycles. The maximum atomic E-state index is 12.1. The molecule has 0 atom stereocenters. The van der Waals surface area contributed by atoms with Gasteiger partial charge in [-0.15, -0.1) is 0 Å². The van der Waals surface area contributed by atoms with E-state index in [1.165, 1.54) is 0 Å². The molecule has 0 aliphatic carbocycles. The van der Waals surface area contributed by atoms with Crippen LogP contribution in [-0.2, 0) is 11.2 Å². The molecule has 0 spiro atoms. The molecule has 0 unspecified atom stereocenters. The number of para-hydroxylation sites is 1. The van der Waals surface area contributed by atoms with Gasteiger partial charge in [0.15, 0.2) is 0 Å². The molecule has 1 heterocycles. The van der Waals surface area contributed by atoms with E-state index in [-0.39, 0.29) is 5.91 Å². The number of unbranched alkanes of at least 4 members (excludes halogenated alkanes) is 1. The van der Waals surface area contributed by atoms with E-state index in [0.717, 1.165) is 41.9 Å². The van der Waals surface area contributed by atoms with Crippen LogP contribution in [0.1, 0.15) is 31.7 Å². The van der Waals surface area contributed by atoms with Crippen LogP contribution >= 0.6 is 0 Å². The SMILES string of the molecule is CCCCNC(=O)CCc1cn(-c2ccccc2)nc1-c1ccccc1. The second-order valence-corrected chi connectivity index (χ2v) is 6.35. The summed E-state index contributed by atoms with van der Waals surface area (Å²) in [6.45, 7) is 2.88. The molecule has 0 aliphatic rings. The van der Waals surface area contributed by atoms with Crippen LogP contribution in [0, 0.1) is 0 Å². The van der Waals surface area contributed by atoms with Gasteiger partial charge in [0, 0.05) is 24.7 Å². The quantitative estimate of drug-likeness (QED) is 0.614. The molecule has 1 aromatic heterocycles. The van der Waals surface area contributed by atoms with Gasteiger partial charge in [-0.1, -0.05) is 61.9 Å². The smallest absolute Gasteiger partial charge is 0.220 e. The minimum atomic E-state index is 0.102. The van der Waals surface area contributed by atoms with Gasteiger partial charge in [-0.05, 0) is 30.5 Å². The highest BCUT2D eigenvalue weighted by Gasteiger charge is 2.13. The average molecular weight is 347 g/mol. The number of amides is 1. The van der Waals surface area contributed by atoms with Gasteiger partial charge in [0.25, 0.3) is 0 Å². The Kier molecular flexibility index (Phi) is 6.20. The highest BCUT2D eigenvalue weighted by Crippen LogP contribution is 2.24. The summed E-state index contributed by atoms with van der Waals surface area (Å²) in [5.41, 5.74) is 4.12. The molecule has 134 valence electrons. The van der Waals surface area contributed by atoms with E-state index in [1.807, 2.05) is 59.4 Å². The lowest BCUT2D eigenvalue weighted by Crippen LogP contribution is -2.24. The Morgan fingerprint density at radius 1 is 1.04 bits per heavy atom. The Morgan fingerprint density at radius 3 is 2.42 bits per heavy atom. The highest BCUT2D eigenvalue weighted by atomic mass is 16.1. The lowest BCUT2D eigenvalue weighted by Gasteiger charge is -2.04. The summed E-state index contributed by atoms with van der Waals surface area (Å²) < 4.78 is 1.90. The number of aryl methyl sites for hydroxylation is 1. The molecule has 0 saturated carbocycles. The number of hydrogen-bond donors (Lipinski definition) is 1. The molecule has 26 heavy (non-hydrogen) atoms. The van der Waals surface area contributed by atoms with E-state index in [0.29, 0.717) is 12.8 Å². The van der Waals surface area contributed by atoms with Gasteiger partial charge in [-0.2, -0.15) is 5.10 Å². The number of carbonyl (C=O) groups is 1. The fourth-order valence-electron chi connectivity index (χ4n) is 2.89. The van der Waals surface area contributed by atoms with Gasteiger partial charge >= 0.3 is 0 Å². The normalized spacial score (nSPS) is 10.7. The van der Waals surface area contributed by atoms with Crippen molar-refractivity contribution in [3.8, 4) is 16.9 Å². The predicted molar refractivity (Wildman–Crippen MR) is 105 cm³/mol. The summed E-state index contributed by atoms with van der Waals surface area (Å²) in [6.07, 6.45) is 5.30. The number of benzene rings is 2. The topological polar surface area (TPSA) is 46.9 Å². The first-order valence-corrected chi connectivity index (χ1v) is 9.24. The average Bonchev–Trinajstić information content (AvgIpc) is 3.12. The van der Waals surface area contributed by atoms with Gasteiger partial charge in [0.05, 0.1) is 11.4 Å². The minimum absolute atomic E-state index is 0.102. The molecule has 1 amide bonds. The van der Waals surface area contributed by atoms with Crippen molar-refractivity contribution < 1.29 is 4.79 Å². The summed E-state index contributed by atoms with van der Waals surface area (Å²) >= 11 is 0. The Bertz CT molecular complexity index is 825. The first-order valence-electron chi connectivity index (χ1n) is 9.24. The predicted octanol–water partition coefficient (Wildman–Crippen LogP) is 4.39.